The third-order valence-electron chi connectivity index (χ3n) is 1.64. The summed E-state index contributed by atoms with van der Waals surface area (Å²) in [5, 5.41) is 0. The highest BCUT2D eigenvalue weighted by Crippen LogP contribution is 2.04. The Labute approximate surface area is 75.0 Å². The van der Waals surface area contributed by atoms with Crippen LogP contribution in [0.2, 0.25) is 0 Å². The monoisotopic (exact) mass is 186 g/mol. The standard InChI is InChI=1S/C6H14N2.2ClH/c7-3-6-8-4-1-2-5-8;;/h1-7H2;2*1H. The molecule has 1 saturated heterocycles. The Morgan fingerprint density at radius 2 is 1.60 bits per heavy atom. The molecule has 2 nitrogen and oxygen atoms in total. The Balaban J connectivity index is 0. The van der Waals surface area contributed by atoms with E-state index in [0.29, 0.717) is 0 Å². The molecule has 0 aromatic carbocycles. The van der Waals surface area contributed by atoms with Gasteiger partial charge < -0.3 is 10.6 Å². The normalized spacial score (nSPS) is 17.7. The fraction of sp³-hybridized carbons (Fsp3) is 1.00. The maximum Gasteiger partial charge on any atom is 0.0105 e. The molecule has 0 amide bonds. The van der Waals surface area contributed by atoms with Gasteiger partial charge in [-0.3, -0.25) is 0 Å². The van der Waals surface area contributed by atoms with E-state index in [1.54, 1.807) is 0 Å². The molecule has 0 aromatic heterocycles. The molecular formula is C6H16Cl2N2. The zero-order valence-electron chi connectivity index (χ0n) is 6.08. The summed E-state index contributed by atoms with van der Waals surface area (Å²) in [7, 11) is 0. The molecule has 0 spiro atoms. The number of hydrogen-bond donors (Lipinski definition) is 1. The Hall–Kier alpha value is 0.500. The minimum absolute atomic E-state index is 0. The van der Waals surface area contributed by atoms with Crippen LogP contribution in [0.25, 0.3) is 0 Å². The van der Waals surface area contributed by atoms with Crippen LogP contribution in [-0.4, -0.2) is 31.1 Å². The molecule has 0 atom stereocenters. The molecule has 0 aliphatic carbocycles. The van der Waals surface area contributed by atoms with Crippen molar-refractivity contribution in [2.75, 3.05) is 26.2 Å². The fourth-order valence-corrected chi connectivity index (χ4v) is 1.19. The molecule has 10 heavy (non-hydrogen) atoms. The van der Waals surface area contributed by atoms with Crippen molar-refractivity contribution in [3.63, 3.8) is 0 Å². The van der Waals surface area contributed by atoms with Gasteiger partial charge in [-0.1, -0.05) is 0 Å². The van der Waals surface area contributed by atoms with Crippen molar-refractivity contribution in [2.45, 2.75) is 12.8 Å². The summed E-state index contributed by atoms with van der Waals surface area (Å²) in [4.78, 5) is 2.42. The average Bonchev–Trinajstić information content (AvgIpc) is 2.19. The van der Waals surface area contributed by atoms with E-state index in [1.807, 2.05) is 0 Å². The zero-order chi connectivity index (χ0) is 5.82. The number of likely N-dealkylation sites (tertiary alicyclic amines) is 1. The van der Waals surface area contributed by atoms with Gasteiger partial charge in [0.05, 0.1) is 0 Å². The smallest absolute Gasteiger partial charge is 0.0105 e. The highest BCUT2D eigenvalue weighted by atomic mass is 35.5. The van der Waals surface area contributed by atoms with Gasteiger partial charge in [-0.2, -0.15) is 0 Å². The van der Waals surface area contributed by atoms with E-state index < -0.39 is 0 Å². The van der Waals surface area contributed by atoms with Gasteiger partial charge in [0.15, 0.2) is 0 Å². The van der Waals surface area contributed by atoms with Gasteiger partial charge in [-0.05, 0) is 25.9 Å². The molecule has 4 heteroatoms. The first-order chi connectivity index (χ1) is 3.93. The topological polar surface area (TPSA) is 29.3 Å². The highest BCUT2D eigenvalue weighted by molar-refractivity contribution is 5.85. The lowest BCUT2D eigenvalue weighted by molar-refractivity contribution is 0.349. The molecule has 1 fully saturated rings. The Morgan fingerprint density at radius 3 is 2.00 bits per heavy atom. The zero-order valence-corrected chi connectivity index (χ0v) is 7.72. The molecular weight excluding hydrogens is 171 g/mol. The minimum atomic E-state index is 0. The molecule has 2 N–H and O–H groups in total. The molecule has 1 aliphatic heterocycles. The van der Waals surface area contributed by atoms with Gasteiger partial charge in [0, 0.05) is 13.1 Å². The lowest BCUT2D eigenvalue weighted by Gasteiger charge is -2.11. The Morgan fingerprint density at radius 1 is 1.10 bits per heavy atom. The second-order valence-electron chi connectivity index (χ2n) is 2.34. The number of rotatable bonds is 2. The van der Waals surface area contributed by atoms with E-state index in [1.165, 1.54) is 25.9 Å². The van der Waals surface area contributed by atoms with Crippen molar-refractivity contribution in [2.24, 2.45) is 5.73 Å². The number of hydrogen-bond acceptors (Lipinski definition) is 2. The lowest BCUT2D eigenvalue weighted by atomic mass is 10.4. The summed E-state index contributed by atoms with van der Waals surface area (Å²) in [5.41, 5.74) is 5.37. The maximum absolute atomic E-state index is 5.37. The summed E-state index contributed by atoms with van der Waals surface area (Å²) in [6.07, 6.45) is 2.75. The van der Waals surface area contributed by atoms with Crippen LogP contribution in [0, 0.1) is 0 Å². The summed E-state index contributed by atoms with van der Waals surface area (Å²) < 4.78 is 0. The molecule has 0 aromatic rings. The van der Waals surface area contributed by atoms with Crippen molar-refractivity contribution in [3.8, 4) is 0 Å². The van der Waals surface area contributed by atoms with Gasteiger partial charge in [-0.15, -0.1) is 24.8 Å². The van der Waals surface area contributed by atoms with E-state index in [0.717, 1.165) is 13.1 Å². The first-order valence-electron chi connectivity index (χ1n) is 3.36. The third-order valence-corrected chi connectivity index (χ3v) is 1.64. The van der Waals surface area contributed by atoms with Gasteiger partial charge in [0.25, 0.3) is 0 Å². The molecule has 0 bridgehead atoms. The van der Waals surface area contributed by atoms with E-state index >= 15 is 0 Å². The number of nitrogens with zero attached hydrogens (tertiary/aromatic N) is 1. The van der Waals surface area contributed by atoms with Gasteiger partial charge in [-0.25, -0.2) is 0 Å². The van der Waals surface area contributed by atoms with Gasteiger partial charge in [0.2, 0.25) is 0 Å². The van der Waals surface area contributed by atoms with Crippen molar-refractivity contribution in [1.82, 2.24) is 4.90 Å². The van der Waals surface area contributed by atoms with Crippen molar-refractivity contribution < 1.29 is 0 Å². The molecule has 64 valence electrons. The quantitative estimate of drug-likeness (QED) is 0.695. The summed E-state index contributed by atoms with van der Waals surface area (Å²) in [6.45, 7) is 4.47. The molecule has 1 heterocycles. The minimum Gasteiger partial charge on any atom is -0.329 e. The number of halogens is 2. The summed E-state index contributed by atoms with van der Waals surface area (Å²) >= 11 is 0. The lowest BCUT2D eigenvalue weighted by Crippen LogP contribution is -2.26. The van der Waals surface area contributed by atoms with Crippen LogP contribution in [0.5, 0.6) is 0 Å². The highest BCUT2D eigenvalue weighted by Gasteiger charge is 2.08. The number of nitrogens with two attached hydrogens (primary N) is 1. The molecule has 1 rings (SSSR count). The predicted octanol–water partition coefficient (Wildman–Crippen LogP) is 0.885. The van der Waals surface area contributed by atoms with Crippen LogP contribution in [0.1, 0.15) is 12.8 Å². The molecule has 0 saturated carbocycles. The Bertz CT molecular complexity index is 64.8. The van der Waals surface area contributed by atoms with E-state index in [4.69, 9.17) is 5.73 Å². The second kappa shape index (κ2) is 7.61. The maximum atomic E-state index is 5.37. The largest absolute Gasteiger partial charge is 0.329 e. The van der Waals surface area contributed by atoms with Crippen molar-refractivity contribution in [3.05, 3.63) is 0 Å². The molecule has 0 unspecified atom stereocenters. The fourth-order valence-electron chi connectivity index (χ4n) is 1.19. The summed E-state index contributed by atoms with van der Waals surface area (Å²) in [5.74, 6) is 0. The summed E-state index contributed by atoms with van der Waals surface area (Å²) in [6, 6.07) is 0. The average molecular weight is 187 g/mol. The predicted molar refractivity (Wildman–Crippen MR) is 49.2 cm³/mol. The third kappa shape index (κ3) is 4.34. The first kappa shape index (κ1) is 13.1. The van der Waals surface area contributed by atoms with Crippen LogP contribution in [0.3, 0.4) is 0 Å². The SMILES string of the molecule is Cl.Cl.NCCN1CCCC1. The van der Waals surface area contributed by atoms with Crippen LogP contribution >= 0.6 is 24.8 Å². The first-order valence-corrected chi connectivity index (χ1v) is 3.36. The van der Waals surface area contributed by atoms with E-state index in [-0.39, 0.29) is 24.8 Å². The molecule has 0 radical (unpaired) electrons. The Kier molecular flexibility index (Phi) is 9.97. The molecule has 1 aliphatic rings. The van der Waals surface area contributed by atoms with Crippen molar-refractivity contribution in [1.29, 1.82) is 0 Å². The van der Waals surface area contributed by atoms with Gasteiger partial charge in [0.1, 0.15) is 0 Å². The van der Waals surface area contributed by atoms with E-state index in [9.17, 15) is 0 Å². The van der Waals surface area contributed by atoms with Crippen molar-refractivity contribution >= 4 is 24.8 Å². The van der Waals surface area contributed by atoms with Crippen LogP contribution < -0.4 is 5.73 Å². The van der Waals surface area contributed by atoms with Crippen LogP contribution in [0.4, 0.5) is 0 Å². The second-order valence-corrected chi connectivity index (χ2v) is 2.34. The van der Waals surface area contributed by atoms with Crippen LogP contribution in [-0.2, 0) is 0 Å². The van der Waals surface area contributed by atoms with Crippen LogP contribution in [0.15, 0.2) is 0 Å². The van der Waals surface area contributed by atoms with E-state index in [2.05, 4.69) is 4.90 Å². The van der Waals surface area contributed by atoms with Gasteiger partial charge >= 0.3 is 0 Å².